The number of carbonyl (C=O) groups excluding carboxylic acids is 2. The Labute approximate surface area is 158 Å². The second kappa shape index (κ2) is 8.98. The Kier molecular flexibility index (Phi) is 6.71. The van der Waals surface area contributed by atoms with E-state index in [1.54, 1.807) is 68.4 Å². The maximum atomic E-state index is 13.0. The number of carboxylic acid groups (broad SMARTS) is 1. The van der Waals surface area contributed by atoms with E-state index in [-0.39, 0.29) is 18.2 Å². The Morgan fingerprint density at radius 3 is 2.19 bits per heavy atom. The Morgan fingerprint density at radius 2 is 1.63 bits per heavy atom. The van der Waals surface area contributed by atoms with Crippen LogP contribution in [0.15, 0.2) is 54.6 Å². The summed E-state index contributed by atoms with van der Waals surface area (Å²) in [7, 11) is 1.49. The van der Waals surface area contributed by atoms with E-state index in [0.29, 0.717) is 16.9 Å². The van der Waals surface area contributed by atoms with Gasteiger partial charge in [0.2, 0.25) is 0 Å². The van der Waals surface area contributed by atoms with E-state index in [1.807, 2.05) is 0 Å². The molecule has 0 heterocycles. The maximum absolute atomic E-state index is 13.0. The summed E-state index contributed by atoms with van der Waals surface area (Å²) in [4.78, 5) is 38.7. The highest BCUT2D eigenvalue weighted by molar-refractivity contribution is 6.03. The van der Waals surface area contributed by atoms with Crippen LogP contribution < -0.4 is 4.74 Å². The largest absolute Gasteiger partial charge is 0.497 e. The van der Waals surface area contributed by atoms with Crippen LogP contribution in [-0.2, 0) is 4.79 Å². The van der Waals surface area contributed by atoms with Crippen molar-refractivity contribution in [2.24, 2.45) is 5.92 Å². The lowest BCUT2D eigenvalue weighted by molar-refractivity contribution is -0.143. The smallest absolute Gasteiger partial charge is 0.326 e. The number of carboxylic acids is 1. The van der Waals surface area contributed by atoms with Crippen molar-refractivity contribution >= 4 is 17.7 Å². The van der Waals surface area contributed by atoms with Crippen molar-refractivity contribution in [1.82, 2.24) is 4.90 Å². The van der Waals surface area contributed by atoms with Gasteiger partial charge in [-0.2, -0.15) is 0 Å². The number of ether oxygens (including phenoxy) is 1. The molecule has 0 bridgehead atoms. The summed E-state index contributed by atoms with van der Waals surface area (Å²) in [6.07, 6.45) is 0. The molecule has 1 atom stereocenters. The van der Waals surface area contributed by atoms with Crippen LogP contribution in [0.3, 0.4) is 0 Å². The van der Waals surface area contributed by atoms with Gasteiger partial charge in [-0.1, -0.05) is 44.2 Å². The summed E-state index contributed by atoms with van der Waals surface area (Å²) in [5.41, 5.74) is 0.691. The summed E-state index contributed by atoms with van der Waals surface area (Å²) in [6.45, 7) is 3.08. The SMILES string of the molecule is COc1cccc(C(=O)CN(C(=O)c2ccccc2)C(C(=O)O)C(C)C)c1. The lowest BCUT2D eigenvalue weighted by Gasteiger charge is -2.31. The number of aliphatic carboxylic acids is 1. The standard InChI is InChI=1S/C21H23NO5/c1-14(2)19(21(25)26)22(20(24)15-8-5-4-6-9-15)13-18(23)16-10-7-11-17(12-16)27-3/h4-12,14,19H,13H2,1-3H3,(H,25,26). The van der Waals surface area contributed by atoms with Crippen molar-refractivity contribution in [3.8, 4) is 5.75 Å². The zero-order chi connectivity index (χ0) is 20.0. The van der Waals surface area contributed by atoms with Gasteiger partial charge in [0.05, 0.1) is 13.7 Å². The first-order valence-electron chi connectivity index (χ1n) is 8.61. The lowest BCUT2D eigenvalue weighted by atomic mass is 10.00. The molecule has 6 nitrogen and oxygen atoms in total. The molecule has 1 N–H and O–H groups in total. The van der Waals surface area contributed by atoms with E-state index in [4.69, 9.17) is 4.74 Å². The van der Waals surface area contributed by atoms with Crippen LogP contribution in [0, 0.1) is 5.92 Å². The summed E-state index contributed by atoms with van der Waals surface area (Å²) in [6, 6.07) is 13.8. The molecule has 0 aliphatic carbocycles. The van der Waals surface area contributed by atoms with Crippen LogP contribution in [-0.4, -0.2) is 47.4 Å². The summed E-state index contributed by atoms with van der Waals surface area (Å²) in [5.74, 6) is -1.85. The minimum Gasteiger partial charge on any atom is -0.497 e. The maximum Gasteiger partial charge on any atom is 0.326 e. The predicted octanol–water partition coefficient (Wildman–Crippen LogP) is 3.13. The van der Waals surface area contributed by atoms with Crippen LogP contribution in [0.5, 0.6) is 5.75 Å². The van der Waals surface area contributed by atoms with Gasteiger partial charge in [-0.15, -0.1) is 0 Å². The second-order valence-electron chi connectivity index (χ2n) is 6.48. The molecule has 142 valence electrons. The Hall–Kier alpha value is -3.15. The Morgan fingerprint density at radius 1 is 1.00 bits per heavy atom. The highest BCUT2D eigenvalue weighted by atomic mass is 16.5. The van der Waals surface area contributed by atoms with E-state index >= 15 is 0 Å². The van der Waals surface area contributed by atoms with Crippen LogP contribution >= 0.6 is 0 Å². The number of hydrogen-bond donors (Lipinski definition) is 1. The summed E-state index contributed by atoms with van der Waals surface area (Å²) in [5, 5.41) is 9.65. The van der Waals surface area contributed by atoms with E-state index < -0.39 is 17.9 Å². The van der Waals surface area contributed by atoms with E-state index in [1.165, 1.54) is 7.11 Å². The molecule has 2 aromatic carbocycles. The lowest BCUT2D eigenvalue weighted by Crippen LogP contribution is -2.50. The molecule has 27 heavy (non-hydrogen) atoms. The van der Waals surface area contributed by atoms with Gasteiger partial charge in [0, 0.05) is 11.1 Å². The molecule has 0 fully saturated rings. The molecule has 0 saturated carbocycles. The van der Waals surface area contributed by atoms with Crippen molar-refractivity contribution in [2.75, 3.05) is 13.7 Å². The second-order valence-corrected chi connectivity index (χ2v) is 6.48. The molecular formula is C21H23NO5. The first-order valence-corrected chi connectivity index (χ1v) is 8.61. The minimum atomic E-state index is -1.15. The van der Waals surface area contributed by atoms with Gasteiger partial charge in [-0.05, 0) is 30.2 Å². The number of amides is 1. The van der Waals surface area contributed by atoms with E-state index in [9.17, 15) is 19.5 Å². The van der Waals surface area contributed by atoms with Crippen molar-refractivity contribution in [3.05, 3.63) is 65.7 Å². The highest BCUT2D eigenvalue weighted by Crippen LogP contribution is 2.18. The quantitative estimate of drug-likeness (QED) is 0.723. The van der Waals surface area contributed by atoms with Crippen molar-refractivity contribution in [2.45, 2.75) is 19.9 Å². The van der Waals surface area contributed by atoms with E-state index in [2.05, 4.69) is 0 Å². The number of benzene rings is 2. The molecule has 2 rings (SSSR count). The minimum absolute atomic E-state index is 0.336. The zero-order valence-corrected chi connectivity index (χ0v) is 15.6. The Bertz CT molecular complexity index is 816. The van der Waals surface area contributed by atoms with Crippen molar-refractivity contribution in [3.63, 3.8) is 0 Å². The van der Waals surface area contributed by atoms with Crippen LogP contribution in [0.2, 0.25) is 0 Å². The van der Waals surface area contributed by atoms with Crippen LogP contribution in [0.25, 0.3) is 0 Å². The number of Topliss-reactive ketones (excluding diaryl/α,β-unsaturated/α-hetero) is 1. The van der Waals surface area contributed by atoms with E-state index in [0.717, 1.165) is 4.90 Å². The van der Waals surface area contributed by atoms with Gasteiger partial charge >= 0.3 is 5.97 Å². The van der Waals surface area contributed by atoms with Crippen molar-refractivity contribution < 1.29 is 24.2 Å². The molecule has 1 unspecified atom stereocenters. The molecule has 0 aliphatic heterocycles. The third kappa shape index (κ3) is 4.94. The zero-order valence-electron chi connectivity index (χ0n) is 15.6. The summed E-state index contributed by atoms with van der Waals surface area (Å²) >= 11 is 0. The van der Waals surface area contributed by atoms with Gasteiger partial charge in [0.1, 0.15) is 11.8 Å². The van der Waals surface area contributed by atoms with Crippen LogP contribution in [0.4, 0.5) is 0 Å². The number of carbonyl (C=O) groups is 3. The fraction of sp³-hybridized carbons (Fsp3) is 0.286. The molecule has 0 spiro atoms. The molecule has 2 aromatic rings. The molecular weight excluding hydrogens is 346 g/mol. The van der Waals surface area contributed by atoms with Gasteiger partial charge in [0.15, 0.2) is 5.78 Å². The molecule has 0 saturated heterocycles. The third-order valence-electron chi connectivity index (χ3n) is 4.21. The van der Waals surface area contributed by atoms with Gasteiger partial charge in [-0.3, -0.25) is 9.59 Å². The fourth-order valence-electron chi connectivity index (χ4n) is 2.86. The van der Waals surface area contributed by atoms with Gasteiger partial charge < -0.3 is 14.7 Å². The number of nitrogens with zero attached hydrogens (tertiary/aromatic N) is 1. The number of rotatable bonds is 8. The molecule has 0 aliphatic rings. The highest BCUT2D eigenvalue weighted by Gasteiger charge is 2.34. The number of ketones is 1. The molecule has 0 radical (unpaired) electrons. The third-order valence-corrected chi connectivity index (χ3v) is 4.21. The van der Waals surface area contributed by atoms with Crippen molar-refractivity contribution in [1.29, 1.82) is 0 Å². The molecule has 6 heteroatoms. The molecule has 1 amide bonds. The molecule has 0 aromatic heterocycles. The van der Waals surface area contributed by atoms with Crippen LogP contribution in [0.1, 0.15) is 34.6 Å². The first kappa shape index (κ1) is 20.2. The first-order chi connectivity index (χ1) is 12.8. The number of methoxy groups -OCH3 is 1. The average molecular weight is 369 g/mol. The normalized spacial score (nSPS) is 11.7. The summed E-state index contributed by atoms with van der Waals surface area (Å²) < 4.78 is 5.12. The topological polar surface area (TPSA) is 83.9 Å². The van der Waals surface area contributed by atoms with Gasteiger partial charge in [0.25, 0.3) is 5.91 Å². The predicted molar refractivity (Wildman–Crippen MR) is 101 cm³/mol. The Balaban J connectivity index is 2.38. The average Bonchev–Trinajstić information content (AvgIpc) is 2.67. The number of hydrogen-bond acceptors (Lipinski definition) is 4. The monoisotopic (exact) mass is 369 g/mol. The fourth-order valence-corrected chi connectivity index (χ4v) is 2.86. The van der Waals surface area contributed by atoms with Gasteiger partial charge in [-0.25, -0.2) is 4.79 Å².